The van der Waals surface area contributed by atoms with E-state index in [9.17, 15) is 4.79 Å². The summed E-state index contributed by atoms with van der Waals surface area (Å²) in [6, 6.07) is 13.4. The maximum atomic E-state index is 11.9. The number of pyridine rings is 1. The average molecular weight is 269 g/mol. The molecule has 0 fully saturated rings. The van der Waals surface area contributed by atoms with Gasteiger partial charge < -0.3 is 10.6 Å². The van der Waals surface area contributed by atoms with Crippen LogP contribution in [0.4, 0.5) is 5.82 Å². The number of likely N-dealkylation sites (N-methyl/N-ethyl adjacent to an activating group) is 1. The number of hydrogen-bond donors (Lipinski definition) is 1. The molecule has 4 nitrogen and oxygen atoms in total. The van der Waals surface area contributed by atoms with Crippen molar-refractivity contribution in [2.24, 2.45) is 0 Å². The molecule has 2 aromatic rings. The number of carbonyl (C=O) groups excluding carboxylic acids is 1. The van der Waals surface area contributed by atoms with E-state index < -0.39 is 0 Å². The predicted molar refractivity (Wildman–Crippen MR) is 81.2 cm³/mol. The minimum Gasteiger partial charge on any atom is -0.384 e. The number of nitrogen functional groups attached to an aromatic ring is 1. The first-order valence-electron chi connectivity index (χ1n) is 6.53. The first-order valence-corrected chi connectivity index (χ1v) is 6.53. The van der Waals surface area contributed by atoms with Crippen LogP contribution in [-0.2, 0) is 4.79 Å². The molecule has 1 unspecified atom stereocenters. The number of anilines is 1. The molecule has 0 radical (unpaired) electrons. The highest BCUT2D eigenvalue weighted by atomic mass is 16.2. The fourth-order valence-corrected chi connectivity index (χ4v) is 2.08. The molecule has 0 aliphatic heterocycles. The predicted octanol–water partition coefficient (Wildman–Crippen LogP) is 2.52. The van der Waals surface area contributed by atoms with E-state index in [2.05, 4.69) is 4.98 Å². The van der Waals surface area contributed by atoms with Crippen LogP contribution < -0.4 is 5.73 Å². The normalized spacial score (nSPS) is 11.9. The maximum Gasteiger partial charge on any atom is 0.229 e. The van der Waals surface area contributed by atoms with Crippen molar-refractivity contribution in [3.63, 3.8) is 0 Å². The van der Waals surface area contributed by atoms with Gasteiger partial charge in [-0.2, -0.15) is 0 Å². The molecule has 1 aromatic carbocycles. The lowest BCUT2D eigenvalue weighted by Crippen LogP contribution is -2.26. The van der Waals surface area contributed by atoms with Crippen LogP contribution in [0.2, 0.25) is 0 Å². The second-order valence-electron chi connectivity index (χ2n) is 5.02. The van der Waals surface area contributed by atoms with Crippen molar-refractivity contribution in [3.8, 4) is 11.3 Å². The van der Waals surface area contributed by atoms with Crippen molar-refractivity contribution in [2.75, 3.05) is 19.8 Å². The molecular formula is C16H19N3O. The zero-order valence-electron chi connectivity index (χ0n) is 12.0. The Morgan fingerprint density at radius 3 is 2.35 bits per heavy atom. The molecule has 2 N–H and O–H groups in total. The van der Waals surface area contributed by atoms with Crippen LogP contribution in [0.15, 0.2) is 42.5 Å². The number of nitrogens with zero attached hydrogens (tertiary/aromatic N) is 2. The summed E-state index contributed by atoms with van der Waals surface area (Å²) >= 11 is 0. The molecule has 0 bridgehead atoms. The van der Waals surface area contributed by atoms with Crippen LogP contribution in [0.3, 0.4) is 0 Å². The highest BCUT2D eigenvalue weighted by Crippen LogP contribution is 2.22. The van der Waals surface area contributed by atoms with Gasteiger partial charge in [0.25, 0.3) is 0 Å². The summed E-state index contributed by atoms with van der Waals surface area (Å²) in [4.78, 5) is 17.8. The van der Waals surface area contributed by atoms with Crippen molar-refractivity contribution in [1.29, 1.82) is 0 Å². The van der Waals surface area contributed by atoms with E-state index in [4.69, 9.17) is 5.73 Å². The third kappa shape index (κ3) is 2.96. The molecule has 0 saturated carbocycles. The summed E-state index contributed by atoms with van der Waals surface area (Å²) in [5.41, 5.74) is 8.51. The fourth-order valence-electron chi connectivity index (χ4n) is 2.08. The van der Waals surface area contributed by atoms with Crippen molar-refractivity contribution < 1.29 is 4.79 Å². The van der Waals surface area contributed by atoms with E-state index >= 15 is 0 Å². The topological polar surface area (TPSA) is 59.2 Å². The molecule has 1 amide bonds. The van der Waals surface area contributed by atoms with Gasteiger partial charge in [0.05, 0.1) is 11.6 Å². The number of aromatic nitrogens is 1. The lowest BCUT2D eigenvalue weighted by Gasteiger charge is -2.17. The Bertz CT molecular complexity index is 605. The van der Waals surface area contributed by atoms with Gasteiger partial charge in [-0.15, -0.1) is 0 Å². The molecular weight excluding hydrogens is 250 g/mol. The van der Waals surface area contributed by atoms with E-state index in [1.807, 2.05) is 43.3 Å². The molecule has 1 aromatic heterocycles. The summed E-state index contributed by atoms with van der Waals surface area (Å²) in [5, 5.41) is 0. The summed E-state index contributed by atoms with van der Waals surface area (Å²) in [6.45, 7) is 1.91. The van der Waals surface area contributed by atoms with Crippen molar-refractivity contribution in [2.45, 2.75) is 12.8 Å². The Labute approximate surface area is 119 Å². The Balaban J connectivity index is 2.24. The van der Waals surface area contributed by atoms with Crippen LogP contribution in [0.25, 0.3) is 11.3 Å². The Kier molecular flexibility index (Phi) is 4.03. The third-order valence-electron chi connectivity index (χ3n) is 3.29. The largest absolute Gasteiger partial charge is 0.384 e. The second-order valence-corrected chi connectivity index (χ2v) is 5.02. The first kappa shape index (κ1) is 14.1. The number of nitrogens with two attached hydrogens (primary N) is 1. The number of amides is 1. The highest BCUT2D eigenvalue weighted by molar-refractivity contribution is 5.83. The van der Waals surface area contributed by atoms with Crippen LogP contribution >= 0.6 is 0 Å². The second kappa shape index (κ2) is 5.74. The summed E-state index contributed by atoms with van der Waals surface area (Å²) < 4.78 is 0. The van der Waals surface area contributed by atoms with Crippen LogP contribution in [0.5, 0.6) is 0 Å². The van der Waals surface area contributed by atoms with E-state index in [0.29, 0.717) is 5.82 Å². The van der Waals surface area contributed by atoms with Gasteiger partial charge in [-0.1, -0.05) is 30.3 Å². The van der Waals surface area contributed by atoms with E-state index in [0.717, 1.165) is 16.8 Å². The zero-order valence-corrected chi connectivity index (χ0v) is 12.0. The van der Waals surface area contributed by atoms with Crippen molar-refractivity contribution in [1.82, 2.24) is 9.88 Å². The zero-order chi connectivity index (χ0) is 14.7. The molecule has 20 heavy (non-hydrogen) atoms. The molecule has 1 atom stereocenters. The number of carbonyl (C=O) groups is 1. The average Bonchev–Trinajstić information content (AvgIpc) is 2.46. The third-order valence-corrected chi connectivity index (χ3v) is 3.29. The summed E-state index contributed by atoms with van der Waals surface area (Å²) in [6.07, 6.45) is 0. The fraction of sp³-hybridized carbons (Fsp3) is 0.250. The van der Waals surface area contributed by atoms with Crippen LogP contribution in [0, 0.1) is 0 Å². The molecule has 2 rings (SSSR count). The van der Waals surface area contributed by atoms with Gasteiger partial charge in [0, 0.05) is 19.7 Å². The van der Waals surface area contributed by atoms with E-state index in [1.165, 1.54) is 0 Å². The molecule has 1 heterocycles. The Hall–Kier alpha value is -2.36. The Morgan fingerprint density at radius 1 is 1.15 bits per heavy atom. The van der Waals surface area contributed by atoms with Gasteiger partial charge in [0.15, 0.2) is 0 Å². The number of hydrogen-bond acceptors (Lipinski definition) is 3. The smallest absolute Gasteiger partial charge is 0.229 e. The maximum absolute atomic E-state index is 11.9. The van der Waals surface area contributed by atoms with Gasteiger partial charge >= 0.3 is 0 Å². The van der Waals surface area contributed by atoms with E-state index in [1.54, 1.807) is 25.1 Å². The molecule has 104 valence electrons. The van der Waals surface area contributed by atoms with E-state index in [-0.39, 0.29) is 11.8 Å². The lowest BCUT2D eigenvalue weighted by molar-refractivity contribution is -0.129. The first-order chi connectivity index (χ1) is 9.49. The molecule has 0 spiro atoms. The number of rotatable bonds is 3. The van der Waals surface area contributed by atoms with Gasteiger partial charge in [-0.3, -0.25) is 4.79 Å². The molecule has 0 saturated heterocycles. The summed E-state index contributed by atoms with van der Waals surface area (Å²) in [7, 11) is 3.54. The Morgan fingerprint density at radius 2 is 1.80 bits per heavy atom. The molecule has 4 heteroatoms. The van der Waals surface area contributed by atoms with Crippen molar-refractivity contribution >= 4 is 11.7 Å². The van der Waals surface area contributed by atoms with Crippen LogP contribution in [-0.4, -0.2) is 29.9 Å². The summed E-state index contributed by atoms with van der Waals surface area (Å²) in [5.74, 6) is 0.454. The minimum absolute atomic E-state index is 0.0971. The highest BCUT2D eigenvalue weighted by Gasteiger charge is 2.16. The lowest BCUT2D eigenvalue weighted by atomic mass is 9.98. The van der Waals surface area contributed by atoms with Gasteiger partial charge in [0.2, 0.25) is 5.91 Å². The van der Waals surface area contributed by atoms with Gasteiger partial charge in [0.1, 0.15) is 5.82 Å². The van der Waals surface area contributed by atoms with Gasteiger partial charge in [-0.05, 0) is 24.6 Å². The van der Waals surface area contributed by atoms with Crippen molar-refractivity contribution in [3.05, 3.63) is 48.0 Å². The molecule has 0 aliphatic rings. The quantitative estimate of drug-likeness (QED) is 0.931. The standard InChI is InChI=1S/C16H19N3O/c1-11(16(20)19(2)3)12-7-9-13(10-8-12)14-5-4-6-15(17)18-14/h4-11H,1-3H3,(H2,17,18). The number of benzene rings is 1. The minimum atomic E-state index is -0.146. The molecule has 0 aliphatic carbocycles. The monoisotopic (exact) mass is 269 g/mol. The SMILES string of the molecule is CC(C(=O)N(C)C)c1ccc(-c2cccc(N)n2)cc1. The van der Waals surface area contributed by atoms with Crippen LogP contribution in [0.1, 0.15) is 18.4 Å². The van der Waals surface area contributed by atoms with Gasteiger partial charge in [-0.25, -0.2) is 4.98 Å².